The summed E-state index contributed by atoms with van der Waals surface area (Å²) in [6, 6.07) is 4.29. The normalized spacial score (nSPS) is 12.4. The minimum Gasteiger partial charge on any atom is -0.508 e. The second-order valence-electron chi connectivity index (χ2n) is 6.58. The van der Waals surface area contributed by atoms with E-state index in [2.05, 4.69) is 6.92 Å². The Morgan fingerprint density at radius 2 is 1.30 bits per heavy atom. The van der Waals surface area contributed by atoms with Gasteiger partial charge in [0.1, 0.15) is 11.5 Å². The molecule has 1 aromatic rings. The van der Waals surface area contributed by atoms with E-state index < -0.39 is 6.10 Å². The summed E-state index contributed by atoms with van der Waals surface area (Å²) in [4.78, 5) is 0. The molecule has 0 fully saturated rings. The molecule has 23 heavy (non-hydrogen) atoms. The molecule has 0 aliphatic rings. The summed E-state index contributed by atoms with van der Waals surface area (Å²) in [5.74, 6) is 0.133. The molecule has 0 bridgehead atoms. The lowest BCUT2D eigenvalue weighted by Crippen LogP contribution is -1.98. The minimum atomic E-state index is -0.694. The van der Waals surface area contributed by atoms with Gasteiger partial charge < -0.3 is 15.3 Å². The van der Waals surface area contributed by atoms with Gasteiger partial charge in [0.05, 0.1) is 6.10 Å². The average Bonchev–Trinajstić information content (AvgIpc) is 2.54. The van der Waals surface area contributed by atoms with Crippen LogP contribution in [-0.2, 0) is 0 Å². The summed E-state index contributed by atoms with van der Waals surface area (Å²) in [6.45, 7) is 2.25. The number of phenolic OH excluding ortho intramolecular Hbond substituents is 2. The van der Waals surface area contributed by atoms with Gasteiger partial charge in [0.25, 0.3) is 0 Å². The van der Waals surface area contributed by atoms with Crippen LogP contribution in [0.1, 0.15) is 95.6 Å². The third-order valence-electron chi connectivity index (χ3n) is 4.45. The monoisotopic (exact) mass is 322 g/mol. The van der Waals surface area contributed by atoms with Gasteiger partial charge in [-0.1, -0.05) is 77.6 Å². The summed E-state index contributed by atoms with van der Waals surface area (Å²) in [6.07, 6.45) is 14.0. The Kier molecular flexibility index (Phi) is 10.5. The van der Waals surface area contributed by atoms with Crippen molar-refractivity contribution in [3.8, 4) is 11.5 Å². The zero-order valence-electron chi connectivity index (χ0n) is 14.6. The predicted octanol–water partition coefficient (Wildman–Crippen LogP) is 5.83. The molecule has 1 atom stereocenters. The predicted molar refractivity (Wildman–Crippen MR) is 95.8 cm³/mol. The Bertz CT molecular complexity index is 417. The van der Waals surface area contributed by atoms with Gasteiger partial charge in [0.15, 0.2) is 0 Å². The highest BCUT2D eigenvalue weighted by atomic mass is 16.3. The molecule has 1 aromatic carbocycles. The number of rotatable bonds is 13. The molecule has 3 heteroatoms. The molecule has 0 amide bonds. The van der Waals surface area contributed by atoms with Crippen LogP contribution in [0.15, 0.2) is 18.2 Å². The minimum absolute atomic E-state index is 0.0540. The molecule has 0 heterocycles. The first-order valence-corrected chi connectivity index (χ1v) is 9.35. The summed E-state index contributed by atoms with van der Waals surface area (Å²) < 4.78 is 0. The Morgan fingerprint density at radius 1 is 0.783 bits per heavy atom. The Balaban J connectivity index is 2.01. The fourth-order valence-corrected chi connectivity index (χ4v) is 2.97. The zero-order valence-corrected chi connectivity index (χ0v) is 14.6. The van der Waals surface area contributed by atoms with E-state index in [1.807, 2.05) is 0 Å². The fraction of sp³-hybridized carbons (Fsp3) is 0.700. The van der Waals surface area contributed by atoms with Crippen LogP contribution in [0.5, 0.6) is 11.5 Å². The molecule has 0 aliphatic heterocycles. The van der Waals surface area contributed by atoms with E-state index in [4.69, 9.17) is 0 Å². The van der Waals surface area contributed by atoms with Crippen molar-refractivity contribution in [3.63, 3.8) is 0 Å². The molecule has 0 aliphatic carbocycles. The van der Waals surface area contributed by atoms with Crippen molar-refractivity contribution < 1.29 is 15.3 Å². The smallest absolute Gasteiger partial charge is 0.121 e. The van der Waals surface area contributed by atoms with E-state index in [-0.39, 0.29) is 11.5 Å². The van der Waals surface area contributed by atoms with Crippen molar-refractivity contribution in [2.24, 2.45) is 0 Å². The Labute approximate surface area is 141 Å². The molecule has 1 rings (SSSR count). The van der Waals surface area contributed by atoms with E-state index in [1.54, 1.807) is 0 Å². The number of aliphatic hydroxyl groups is 1. The molecular weight excluding hydrogens is 288 g/mol. The van der Waals surface area contributed by atoms with Crippen LogP contribution >= 0.6 is 0 Å². The van der Waals surface area contributed by atoms with Crippen LogP contribution in [0.2, 0.25) is 0 Å². The van der Waals surface area contributed by atoms with Gasteiger partial charge in [-0.2, -0.15) is 0 Å². The molecule has 132 valence electrons. The first-order valence-electron chi connectivity index (χ1n) is 9.35. The summed E-state index contributed by atoms with van der Waals surface area (Å²) >= 11 is 0. The van der Waals surface area contributed by atoms with Crippen molar-refractivity contribution >= 4 is 0 Å². The number of aromatic hydroxyl groups is 2. The standard InChI is InChI=1S/C20H34O3/c1-2-3-4-5-6-7-8-9-10-11-12-13-19(22)18-16-17(21)14-15-20(18)23/h14-16,19,21-23H,2-13H2,1H3. The second kappa shape index (κ2) is 12.2. The van der Waals surface area contributed by atoms with Crippen molar-refractivity contribution in [1.29, 1.82) is 0 Å². The first kappa shape index (κ1) is 19.8. The highest BCUT2D eigenvalue weighted by Gasteiger charge is 2.12. The van der Waals surface area contributed by atoms with Crippen LogP contribution in [0.3, 0.4) is 0 Å². The summed E-state index contributed by atoms with van der Waals surface area (Å²) in [5.41, 5.74) is 0.428. The van der Waals surface area contributed by atoms with Crippen LogP contribution in [0.25, 0.3) is 0 Å². The maximum Gasteiger partial charge on any atom is 0.121 e. The lowest BCUT2D eigenvalue weighted by molar-refractivity contribution is 0.159. The number of hydrogen-bond acceptors (Lipinski definition) is 3. The molecule has 0 saturated heterocycles. The quantitative estimate of drug-likeness (QED) is 0.316. The van der Waals surface area contributed by atoms with Gasteiger partial charge in [-0.25, -0.2) is 0 Å². The topological polar surface area (TPSA) is 60.7 Å². The molecule has 0 saturated carbocycles. The van der Waals surface area contributed by atoms with E-state index in [0.717, 1.165) is 12.8 Å². The maximum atomic E-state index is 10.1. The second-order valence-corrected chi connectivity index (χ2v) is 6.58. The Morgan fingerprint density at radius 3 is 1.87 bits per heavy atom. The first-order chi connectivity index (χ1) is 11.1. The van der Waals surface area contributed by atoms with Gasteiger partial charge in [-0.3, -0.25) is 0 Å². The number of phenols is 2. The van der Waals surface area contributed by atoms with Gasteiger partial charge >= 0.3 is 0 Å². The lowest BCUT2D eigenvalue weighted by Gasteiger charge is -2.12. The van der Waals surface area contributed by atoms with Crippen molar-refractivity contribution in [2.75, 3.05) is 0 Å². The van der Waals surface area contributed by atoms with E-state index in [9.17, 15) is 15.3 Å². The molecule has 3 N–H and O–H groups in total. The number of unbranched alkanes of at least 4 members (excludes halogenated alkanes) is 10. The molecular formula is C20H34O3. The fourth-order valence-electron chi connectivity index (χ4n) is 2.97. The highest BCUT2D eigenvalue weighted by molar-refractivity contribution is 5.39. The lowest BCUT2D eigenvalue weighted by atomic mass is 10.0. The van der Waals surface area contributed by atoms with Crippen LogP contribution < -0.4 is 0 Å². The average molecular weight is 322 g/mol. The van der Waals surface area contributed by atoms with Crippen molar-refractivity contribution in [1.82, 2.24) is 0 Å². The Hall–Kier alpha value is -1.22. The van der Waals surface area contributed by atoms with E-state index in [1.165, 1.54) is 76.0 Å². The van der Waals surface area contributed by atoms with Gasteiger partial charge in [0.2, 0.25) is 0 Å². The largest absolute Gasteiger partial charge is 0.508 e. The van der Waals surface area contributed by atoms with Crippen LogP contribution in [-0.4, -0.2) is 15.3 Å². The maximum absolute atomic E-state index is 10.1. The third-order valence-corrected chi connectivity index (χ3v) is 4.45. The summed E-state index contributed by atoms with van der Waals surface area (Å²) in [7, 11) is 0. The van der Waals surface area contributed by atoms with Gasteiger partial charge in [0, 0.05) is 5.56 Å². The van der Waals surface area contributed by atoms with Crippen molar-refractivity contribution in [3.05, 3.63) is 23.8 Å². The van der Waals surface area contributed by atoms with Gasteiger partial charge in [-0.15, -0.1) is 0 Å². The molecule has 3 nitrogen and oxygen atoms in total. The van der Waals surface area contributed by atoms with Crippen LogP contribution in [0.4, 0.5) is 0 Å². The molecule has 0 spiro atoms. The van der Waals surface area contributed by atoms with Crippen LogP contribution in [0, 0.1) is 0 Å². The third kappa shape index (κ3) is 8.85. The number of benzene rings is 1. The summed E-state index contributed by atoms with van der Waals surface area (Å²) in [5, 5.41) is 29.2. The molecule has 1 unspecified atom stereocenters. The zero-order chi connectivity index (χ0) is 16.9. The molecule has 0 aromatic heterocycles. The van der Waals surface area contributed by atoms with E-state index >= 15 is 0 Å². The molecule has 0 radical (unpaired) electrons. The number of hydrogen-bond donors (Lipinski definition) is 3. The SMILES string of the molecule is CCCCCCCCCCCCCC(O)c1cc(O)ccc1O. The van der Waals surface area contributed by atoms with Gasteiger partial charge in [-0.05, 0) is 24.6 Å². The van der Waals surface area contributed by atoms with Crippen molar-refractivity contribution in [2.45, 2.75) is 90.1 Å². The highest BCUT2D eigenvalue weighted by Crippen LogP contribution is 2.30. The van der Waals surface area contributed by atoms with E-state index in [0.29, 0.717) is 12.0 Å². The number of aliphatic hydroxyl groups excluding tert-OH is 1.